The molecule has 1 aliphatic rings. The van der Waals surface area contributed by atoms with Gasteiger partial charge in [0.15, 0.2) is 6.04 Å². The number of amides is 1. The maximum atomic E-state index is 12.3. The summed E-state index contributed by atoms with van der Waals surface area (Å²) in [7, 11) is 0. The van der Waals surface area contributed by atoms with Gasteiger partial charge in [-0.1, -0.05) is 30.3 Å². The Kier molecular flexibility index (Phi) is 9.73. The summed E-state index contributed by atoms with van der Waals surface area (Å²) in [4.78, 5) is 24.3. The quantitative estimate of drug-likeness (QED) is 0.625. The second-order valence-electron chi connectivity index (χ2n) is 7.78. The minimum Gasteiger partial charge on any atom is -0.461 e. The van der Waals surface area contributed by atoms with Gasteiger partial charge in [0.25, 0.3) is 0 Å². The third-order valence-electron chi connectivity index (χ3n) is 3.96. The summed E-state index contributed by atoms with van der Waals surface area (Å²) in [5.74, 6) is -0.260. The summed E-state index contributed by atoms with van der Waals surface area (Å²) in [5.41, 5.74) is 0.587. The molecule has 1 amide bonds. The molecule has 6 nitrogen and oxygen atoms in total. The predicted octanol–water partition coefficient (Wildman–Crippen LogP) is 3.89. The minimum atomic E-state index is -0.872. The summed E-state index contributed by atoms with van der Waals surface area (Å²) >= 11 is 0. The molecule has 1 heterocycles. The van der Waals surface area contributed by atoms with Crippen LogP contribution in [0.3, 0.4) is 0 Å². The summed E-state index contributed by atoms with van der Waals surface area (Å²) in [6.07, 6.45) is 0.656. The number of alkyl carbamates (subject to hydrolysis) is 1. The van der Waals surface area contributed by atoms with Crippen LogP contribution in [0.15, 0.2) is 43.5 Å². The van der Waals surface area contributed by atoms with Gasteiger partial charge in [-0.15, -0.1) is 13.2 Å². The minimum absolute atomic E-state index is 0.0656. The van der Waals surface area contributed by atoms with Gasteiger partial charge in [-0.2, -0.15) is 0 Å². The van der Waals surface area contributed by atoms with Crippen LogP contribution >= 0.6 is 0 Å². The van der Waals surface area contributed by atoms with Crippen molar-refractivity contribution in [3.8, 4) is 0 Å². The largest absolute Gasteiger partial charge is 0.461 e. The summed E-state index contributed by atoms with van der Waals surface area (Å²) in [6, 6.07) is 9.29. The fourth-order valence-electron chi connectivity index (χ4n) is 2.93. The molecular weight excluding hydrogens is 358 g/mol. The molecule has 0 aromatic heterocycles. The van der Waals surface area contributed by atoms with Crippen LogP contribution in [0.5, 0.6) is 0 Å². The van der Waals surface area contributed by atoms with Crippen molar-refractivity contribution in [1.82, 2.24) is 5.32 Å². The van der Waals surface area contributed by atoms with Crippen LogP contribution in [0.1, 0.15) is 39.7 Å². The highest BCUT2D eigenvalue weighted by atomic mass is 16.6. The summed E-state index contributed by atoms with van der Waals surface area (Å²) in [5, 5.41) is 2.55. The Labute approximate surface area is 168 Å². The summed E-state index contributed by atoms with van der Waals surface area (Å²) < 4.78 is 16.4. The molecule has 0 radical (unpaired) electrons. The van der Waals surface area contributed by atoms with E-state index in [4.69, 9.17) is 14.2 Å². The van der Waals surface area contributed by atoms with Gasteiger partial charge in [-0.05, 0) is 52.0 Å². The second-order valence-corrected chi connectivity index (χ2v) is 7.78. The number of rotatable bonds is 3. The van der Waals surface area contributed by atoms with Gasteiger partial charge >= 0.3 is 12.1 Å². The van der Waals surface area contributed by atoms with Crippen LogP contribution in [0.25, 0.3) is 0 Å². The van der Waals surface area contributed by atoms with Crippen LogP contribution in [0.2, 0.25) is 0 Å². The molecule has 28 heavy (non-hydrogen) atoms. The first-order valence-corrected chi connectivity index (χ1v) is 9.54. The van der Waals surface area contributed by atoms with Crippen molar-refractivity contribution in [3.63, 3.8) is 0 Å². The maximum absolute atomic E-state index is 12.3. The van der Waals surface area contributed by atoms with Crippen LogP contribution < -0.4 is 5.32 Å². The van der Waals surface area contributed by atoms with Crippen LogP contribution in [-0.4, -0.2) is 43.0 Å². The molecule has 1 saturated heterocycles. The number of benzene rings is 1. The molecule has 6 heteroatoms. The Morgan fingerprint density at radius 2 is 1.86 bits per heavy atom. The van der Waals surface area contributed by atoms with Crippen LogP contribution in [0.4, 0.5) is 4.79 Å². The summed E-state index contributed by atoms with van der Waals surface area (Å²) in [6.45, 7) is 13.7. The van der Waals surface area contributed by atoms with E-state index in [1.165, 1.54) is 5.56 Å². The fourth-order valence-corrected chi connectivity index (χ4v) is 2.93. The molecule has 1 aromatic carbocycles. The molecule has 1 N–H and O–H groups in total. The average molecular weight is 392 g/mol. The number of hydrogen-bond acceptors (Lipinski definition) is 5. The third-order valence-corrected chi connectivity index (χ3v) is 3.96. The Morgan fingerprint density at radius 1 is 1.21 bits per heavy atom. The predicted molar refractivity (Wildman–Crippen MR) is 109 cm³/mol. The maximum Gasteiger partial charge on any atom is 0.408 e. The van der Waals surface area contributed by atoms with Gasteiger partial charge in [0.05, 0.1) is 12.7 Å². The molecule has 2 rings (SSSR count). The Hall–Kier alpha value is -2.34. The van der Waals surface area contributed by atoms with E-state index in [2.05, 4.69) is 30.6 Å². The first-order chi connectivity index (χ1) is 13.2. The lowest BCUT2D eigenvalue weighted by Gasteiger charge is -2.23. The lowest BCUT2D eigenvalue weighted by Crippen LogP contribution is -2.47. The van der Waals surface area contributed by atoms with Crippen LogP contribution in [-0.2, 0) is 25.4 Å². The number of nitrogens with one attached hydrogen (secondary N) is 1. The molecule has 2 unspecified atom stereocenters. The van der Waals surface area contributed by atoms with Crippen molar-refractivity contribution in [1.29, 1.82) is 0 Å². The molecule has 1 fully saturated rings. The molecule has 156 valence electrons. The van der Waals surface area contributed by atoms with Crippen molar-refractivity contribution in [3.05, 3.63) is 49.1 Å². The van der Waals surface area contributed by atoms with E-state index in [0.29, 0.717) is 13.0 Å². The van der Waals surface area contributed by atoms with Crippen molar-refractivity contribution >= 4 is 12.1 Å². The van der Waals surface area contributed by atoms with E-state index in [-0.39, 0.29) is 18.6 Å². The first kappa shape index (κ1) is 23.7. The number of ether oxygens (including phenoxy) is 3. The molecule has 0 bridgehead atoms. The van der Waals surface area contributed by atoms with Gasteiger partial charge in [0.1, 0.15) is 5.60 Å². The zero-order valence-corrected chi connectivity index (χ0v) is 17.4. The highest BCUT2D eigenvalue weighted by molar-refractivity contribution is 5.81. The van der Waals surface area contributed by atoms with E-state index in [1.54, 1.807) is 20.8 Å². The molecule has 0 aliphatic carbocycles. The van der Waals surface area contributed by atoms with Gasteiger partial charge in [0, 0.05) is 6.61 Å². The zero-order chi connectivity index (χ0) is 21.2. The average Bonchev–Trinajstić information content (AvgIpc) is 2.66. The second kappa shape index (κ2) is 11.5. The van der Waals surface area contributed by atoms with Crippen molar-refractivity contribution in [2.75, 3.05) is 13.2 Å². The Bertz CT molecular complexity index is 611. The lowest BCUT2D eigenvalue weighted by atomic mass is 9.95. The molecule has 0 spiro atoms. The fraction of sp³-hybridized carbons (Fsp3) is 0.545. The smallest absolute Gasteiger partial charge is 0.408 e. The van der Waals surface area contributed by atoms with Crippen molar-refractivity contribution < 1.29 is 23.8 Å². The van der Waals surface area contributed by atoms with E-state index < -0.39 is 23.7 Å². The Balaban J connectivity index is 0.00000190. The van der Waals surface area contributed by atoms with Gasteiger partial charge < -0.3 is 19.5 Å². The van der Waals surface area contributed by atoms with E-state index in [0.717, 1.165) is 6.42 Å². The van der Waals surface area contributed by atoms with E-state index in [1.807, 2.05) is 25.1 Å². The molecular formula is C22H33NO5. The van der Waals surface area contributed by atoms with Gasteiger partial charge in [-0.3, -0.25) is 0 Å². The highest BCUT2D eigenvalue weighted by Gasteiger charge is 2.29. The zero-order valence-electron chi connectivity index (χ0n) is 17.4. The van der Waals surface area contributed by atoms with Crippen molar-refractivity contribution in [2.45, 2.75) is 58.3 Å². The number of cyclic esters (lactones) is 1. The Morgan fingerprint density at radius 3 is 2.46 bits per heavy atom. The number of carbonyl (C=O) groups is 2. The van der Waals surface area contributed by atoms with Crippen LogP contribution in [0, 0.1) is 5.92 Å². The molecule has 0 saturated carbocycles. The number of carbonyl (C=O) groups excluding carboxylic acids is 2. The highest BCUT2D eigenvalue weighted by Crippen LogP contribution is 2.19. The molecule has 1 aliphatic heterocycles. The lowest BCUT2D eigenvalue weighted by molar-refractivity contribution is -0.151. The number of hydrogen-bond donors (Lipinski definition) is 1. The molecule has 3 atom stereocenters. The first-order valence-electron chi connectivity index (χ1n) is 9.54. The molecule has 1 aromatic rings. The van der Waals surface area contributed by atoms with E-state index >= 15 is 0 Å². The van der Waals surface area contributed by atoms with Gasteiger partial charge in [0.2, 0.25) is 0 Å². The number of esters is 1. The SMILES string of the molecule is C=C.CC1CC(Cc2ccccc2)COC[C@H](NC(=O)OC(C)(C)C)C(=O)O1. The monoisotopic (exact) mass is 391 g/mol. The normalized spacial score (nSPS) is 23.0. The third kappa shape index (κ3) is 9.04. The topological polar surface area (TPSA) is 73.9 Å². The van der Waals surface area contributed by atoms with Crippen molar-refractivity contribution in [2.24, 2.45) is 5.92 Å². The van der Waals surface area contributed by atoms with Gasteiger partial charge in [-0.25, -0.2) is 9.59 Å². The standard InChI is InChI=1S/C20H29NO5.C2H4/c1-14-10-16(11-15-8-6-5-7-9-15)12-24-13-17(18(22)25-14)21-19(23)26-20(2,3)4;1-2/h5-9,14,16-17H,10-13H2,1-4H3,(H,21,23);1-2H2/t14?,16?,17-;/m0./s1. The van der Waals surface area contributed by atoms with E-state index in [9.17, 15) is 9.59 Å².